The Balaban J connectivity index is 1.08. The van der Waals surface area contributed by atoms with E-state index >= 15 is 0 Å². The van der Waals surface area contributed by atoms with E-state index in [1.807, 2.05) is 0 Å². The van der Waals surface area contributed by atoms with Crippen molar-refractivity contribution in [1.29, 1.82) is 0 Å². The molecule has 242 valence electrons. The highest BCUT2D eigenvalue weighted by molar-refractivity contribution is 6.35. The third-order valence-electron chi connectivity index (χ3n) is 7.96. The van der Waals surface area contributed by atoms with Crippen LogP contribution in [0.1, 0.15) is 56.8 Å². The molecule has 3 aromatic carbocycles. The molecule has 1 aromatic heterocycles. The van der Waals surface area contributed by atoms with E-state index in [0.717, 1.165) is 38.2 Å². The lowest BCUT2D eigenvalue weighted by molar-refractivity contribution is -0.137. The fourth-order valence-corrected chi connectivity index (χ4v) is 5.59. The summed E-state index contributed by atoms with van der Waals surface area (Å²) in [6, 6.07) is 17.4. The zero-order valence-corrected chi connectivity index (χ0v) is 25.2. The molecule has 1 fully saturated rings. The summed E-state index contributed by atoms with van der Waals surface area (Å²) in [7, 11) is 0. The molecule has 9 nitrogen and oxygen atoms in total. The number of alkyl halides is 3. The van der Waals surface area contributed by atoms with E-state index < -0.39 is 17.6 Å². The van der Waals surface area contributed by atoms with Gasteiger partial charge in [-0.15, -0.1) is 0 Å². The van der Waals surface area contributed by atoms with E-state index in [0.29, 0.717) is 51.8 Å². The number of amides is 3. The van der Waals surface area contributed by atoms with Crippen LogP contribution >= 0.6 is 0 Å². The SMILES string of the molecule is O=C1Nc2cc(Oc3cccc(NC(=O)c4cccc(C(F)(F)F)c4)c3)ccc2/C1=C/c1cc(C(=O)NCCCN2CCCC2)c[nH]1. The average Bonchev–Trinajstić information content (AvgIpc) is 3.80. The Morgan fingerprint density at radius 2 is 1.70 bits per heavy atom. The highest BCUT2D eigenvalue weighted by Gasteiger charge is 2.31. The maximum absolute atomic E-state index is 13.1. The monoisotopic (exact) mass is 643 g/mol. The van der Waals surface area contributed by atoms with Gasteiger partial charge in [-0.2, -0.15) is 13.2 Å². The molecule has 0 atom stereocenters. The number of nitrogens with one attached hydrogen (secondary N) is 4. The Morgan fingerprint density at radius 3 is 2.51 bits per heavy atom. The number of aromatic nitrogens is 1. The molecule has 0 saturated carbocycles. The number of rotatable bonds is 10. The molecule has 6 rings (SSSR count). The number of ether oxygens (including phenoxy) is 1. The van der Waals surface area contributed by atoms with E-state index in [2.05, 4.69) is 25.8 Å². The van der Waals surface area contributed by atoms with Crippen molar-refractivity contribution in [2.75, 3.05) is 36.8 Å². The molecule has 4 N–H and O–H groups in total. The van der Waals surface area contributed by atoms with Gasteiger partial charge in [-0.1, -0.05) is 12.1 Å². The van der Waals surface area contributed by atoms with Crippen molar-refractivity contribution in [3.05, 3.63) is 107 Å². The standard InChI is InChI=1S/C35H32F3N5O4/c36-35(37,38)24-7-3-6-22(16-24)33(45)41-25-8-4-9-27(18-25)47-28-10-11-29-30(34(46)42-31(29)20-28)19-26-17-23(21-40-26)32(44)39-12-5-15-43-13-1-2-14-43/h3-4,6-11,16-21,40H,1-2,5,12-15H2,(H,39,44)(H,41,45)(H,42,46)/b30-19-. The van der Waals surface area contributed by atoms with Gasteiger partial charge in [0.1, 0.15) is 11.5 Å². The number of hydrogen-bond acceptors (Lipinski definition) is 5. The second-order valence-corrected chi connectivity index (χ2v) is 11.4. The lowest BCUT2D eigenvalue weighted by Crippen LogP contribution is -2.28. The molecule has 3 amide bonds. The Bertz CT molecular complexity index is 1840. The molecular weight excluding hydrogens is 611 g/mol. The summed E-state index contributed by atoms with van der Waals surface area (Å²) >= 11 is 0. The molecule has 4 aromatic rings. The number of anilines is 2. The van der Waals surface area contributed by atoms with Crippen LogP contribution in [0.5, 0.6) is 11.5 Å². The van der Waals surface area contributed by atoms with Gasteiger partial charge in [0.05, 0.1) is 22.4 Å². The quantitative estimate of drug-likeness (QED) is 0.112. The lowest BCUT2D eigenvalue weighted by atomic mass is 10.1. The summed E-state index contributed by atoms with van der Waals surface area (Å²) in [4.78, 5) is 43.5. The number of fused-ring (bicyclic) bond motifs is 1. The van der Waals surface area contributed by atoms with Gasteiger partial charge in [-0.3, -0.25) is 14.4 Å². The number of carbonyl (C=O) groups excluding carboxylic acids is 3. The zero-order chi connectivity index (χ0) is 33.0. The van der Waals surface area contributed by atoms with E-state index in [1.165, 1.54) is 31.0 Å². The first-order valence-electron chi connectivity index (χ1n) is 15.3. The highest BCUT2D eigenvalue weighted by atomic mass is 19.4. The first-order chi connectivity index (χ1) is 22.6. The Hall–Kier alpha value is -5.36. The van der Waals surface area contributed by atoms with Gasteiger partial charge >= 0.3 is 6.18 Å². The van der Waals surface area contributed by atoms with Crippen LogP contribution in [0.4, 0.5) is 24.5 Å². The molecule has 1 saturated heterocycles. The summed E-state index contributed by atoms with van der Waals surface area (Å²) in [5.41, 5.74) is 1.98. The van der Waals surface area contributed by atoms with Gasteiger partial charge < -0.3 is 30.6 Å². The van der Waals surface area contributed by atoms with Gasteiger partial charge in [-0.05, 0) is 93.5 Å². The summed E-state index contributed by atoms with van der Waals surface area (Å²) in [6.07, 6.45) is 2.10. The third kappa shape index (κ3) is 7.72. The van der Waals surface area contributed by atoms with Crippen LogP contribution in [0.2, 0.25) is 0 Å². The molecule has 12 heteroatoms. The maximum Gasteiger partial charge on any atom is 0.416 e. The molecule has 0 spiro atoms. The Morgan fingerprint density at radius 1 is 0.915 bits per heavy atom. The van der Waals surface area contributed by atoms with E-state index in [-0.39, 0.29) is 17.4 Å². The summed E-state index contributed by atoms with van der Waals surface area (Å²) in [5, 5.41) is 8.37. The topological polar surface area (TPSA) is 116 Å². The minimum absolute atomic E-state index is 0.133. The van der Waals surface area contributed by atoms with Gasteiger partial charge in [0.15, 0.2) is 0 Å². The first-order valence-corrected chi connectivity index (χ1v) is 15.3. The van der Waals surface area contributed by atoms with Crippen molar-refractivity contribution in [3.63, 3.8) is 0 Å². The Labute approximate surface area is 268 Å². The number of aromatic amines is 1. The molecule has 2 aliphatic rings. The summed E-state index contributed by atoms with van der Waals surface area (Å²) in [5.74, 6) is -0.408. The molecule has 0 bridgehead atoms. The number of halogens is 3. The molecule has 3 heterocycles. The predicted octanol–water partition coefficient (Wildman–Crippen LogP) is 6.79. The summed E-state index contributed by atoms with van der Waals surface area (Å²) in [6.45, 7) is 3.82. The number of likely N-dealkylation sites (tertiary alicyclic amines) is 1. The number of hydrogen-bond donors (Lipinski definition) is 4. The predicted molar refractivity (Wildman–Crippen MR) is 172 cm³/mol. The molecule has 0 unspecified atom stereocenters. The molecule has 0 aliphatic carbocycles. The van der Waals surface area contributed by atoms with Crippen LogP contribution in [-0.4, -0.2) is 53.8 Å². The number of benzene rings is 3. The number of carbonyl (C=O) groups is 3. The minimum Gasteiger partial charge on any atom is -0.457 e. The molecule has 0 radical (unpaired) electrons. The van der Waals surface area contributed by atoms with Gasteiger partial charge in [-0.25, -0.2) is 0 Å². The van der Waals surface area contributed by atoms with Crippen molar-refractivity contribution < 1.29 is 32.3 Å². The molecule has 2 aliphatic heterocycles. The number of nitrogens with zero attached hydrogens (tertiary/aromatic N) is 1. The normalized spacial score (nSPS) is 15.4. The van der Waals surface area contributed by atoms with Crippen molar-refractivity contribution >= 4 is 40.7 Å². The molecular formula is C35H32F3N5O4. The van der Waals surface area contributed by atoms with Crippen LogP contribution in [0.3, 0.4) is 0 Å². The maximum atomic E-state index is 13.1. The lowest BCUT2D eigenvalue weighted by Gasteiger charge is -2.14. The first kappa shape index (κ1) is 31.6. The van der Waals surface area contributed by atoms with Crippen LogP contribution in [0.25, 0.3) is 11.6 Å². The van der Waals surface area contributed by atoms with Crippen LogP contribution < -0.4 is 20.7 Å². The largest absolute Gasteiger partial charge is 0.457 e. The van der Waals surface area contributed by atoms with Crippen molar-refractivity contribution in [1.82, 2.24) is 15.2 Å². The van der Waals surface area contributed by atoms with Crippen molar-refractivity contribution in [2.24, 2.45) is 0 Å². The zero-order valence-electron chi connectivity index (χ0n) is 25.2. The summed E-state index contributed by atoms with van der Waals surface area (Å²) < 4.78 is 45.1. The number of H-pyrrole nitrogens is 1. The second kappa shape index (κ2) is 13.6. The Kier molecular flexibility index (Phi) is 9.12. The van der Waals surface area contributed by atoms with E-state index in [4.69, 9.17) is 4.74 Å². The smallest absolute Gasteiger partial charge is 0.416 e. The van der Waals surface area contributed by atoms with Gasteiger partial charge in [0, 0.05) is 47.4 Å². The van der Waals surface area contributed by atoms with Gasteiger partial charge in [0.25, 0.3) is 17.7 Å². The van der Waals surface area contributed by atoms with Gasteiger partial charge in [0.2, 0.25) is 0 Å². The second-order valence-electron chi connectivity index (χ2n) is 11.4. The fraction of sp³-hybridized carbons (Fsp3) is 0.229. The van der Waals surface area contributed by atoms with E-state index in [1.54, 1.807) is 54.7 Å². The van der Waals surface area contributed by atoms with Crippen LogP contribution in [0, 0.1) is 0 Å². The van der Waals surface area contributed by atoms with Crippen LogP contribution in [0.15, 0.2) is 79.0 Å². The third-order valence-corrected chi connectivity index (χ3v) is 7.96. The van der Waals surface area contributed by atoms with Crippen LogP contribution in [-0.2, 0) is 11.0 Å². The minimum atomic E-state index is -4.56. The fourth-order valence-electron chi connectivity index (χ4n) is 5.59. The van der Waals surface area contributed by atoms with E-state index in [9.17, 15) is 27.6 Å². The van der Waals surface area contributed by atoms with Crippen molar-refractivity contribution in [2.45, 2.75) is 25.4 Å². The van der Waals surface area contributed by atoms with Crippen molar-refractivity contribution in [3.8, 4) is 11.5 Å². The molecule has 47 heavy (non-hydrogen) atoms. The highest BCUT2D eigenvalue weighted by Crippen LogP contribution is 2.37. The average molecular weight is 644 g/mol.